The normalized spacial score (nSPS) is 10.3. The van der Waals surface area contributed by atoms with Crippen LogP contribution in [0.25, 0.3) is 0 Å². The number of aryl methyl sites for hydroxylation is 2. The molecule has 0 aromatic heterocycles. The van der Waals surface area contributed by atoms with Crippen molar-refractivity contribution in [3.05, 3.63) is 53.1 Å². The van der Waals surface area contributed by atoms with Gasteiger partial charge in [0.2, 0.25) is 5.91 Å². The predicted octanol–water partition coefficient (Wildman–Crippen LogP) is 3.89. The zero-order chi connectivity index (χ0) is 16.8. The Morgan fingerprint density at radius 1 is 1.04 bits per heavy atom. The summed E-state index contributed by atoms with van der Waals surface area (Å²) in [5, 5.41) is 2.89. The Balaban J connectivity index is 2.06. The van der Waals surface area contributed by atoms with Crippen LogP contribution >= 0.6 is 0 Å². The van der Waals surface area contributed by atoms with E-state index in [9.17, 15) is 4.79 Å². The Labute approximate surface area is 137 Å². The predicted molar refractivity (Wildman–Crippen MR) is 92.4 cm³/mol. The van der Waals surface area contributed by atoms with Crippen molar-refractivity contribution in [2.45, 2.75) is 27.2 Å². The lowest BCUT2D eigenvalue weighted by molar-refractivity contribution is -0.115. The van der Waals surface area contributed by atoms with Crippen molar-refractivity contribution in [1.82, 2.24) is 0 Å². The number of hydrogen-bond acceptors (Lipinski definition) is 3. The Hall–Kier alpha value is -2.49. The van der Waals surface area contributed by atoms with Gasteiger partial charge in [0.1, 0.15) is 0 Å². The Bertz CT molecular complexity index is 695. The topological polar surface area (TPSA) is 47.6 Å². The zero-order valence-corrected chi connectivity index (χ0v) is 14.1. The Morgan fingerprint density at radius 3 is 2.48 bits per heavy atom. The van der Waals surface area contributed by atoms with Crippen LogP contribution in [0, 0.1) is 13.8 Å². The second-order valence-corrected chi connectivity index (χ2v) is 5.44. The highest BCUT2D eigenvalue weighted by atomic mass is 16.5. The number of methoxy groups -OCH3 is 1. The lowest BCUT2D eigenvalue weighted by Gasteiger charge is -2.12. The van der Waals surface area contributed by atoms with E-state index < -0.39 is 0 Å². The molecule has 1 N–H and O–H groups in total. The van der Waals surface area contributed by atoms with Gasteiger partial charge in [-0.2, -0.15) is 0 Å². The monoisotopic (exact) mass is 313 g/mol. The van der Waals surface area contributed by atoms with E-state index in [2.05, 4.69) is 12.2 Å². The first-order valence-corrected chi connectivity index (χ1v) is 7.70. The second kappa shape index (κ2) is 7.68. The van der Waals surface area contributed by atoms with Gasteiger partial charge < -0.3 is 14.8 Å². The summed E-state index contributed by atoms with van der Waals surface area (Å²) >= 11 is 0. The standard InChI is InChI=1S/C19H23NO3/c1-5-23-17-9-8-16(12-18(17)22-4)20-19(21)11-15-7-6-13(2)14(3)10-15/h6-10,12H,5,11H2,1-4H3,(H,20,21). The molecule has 2 aromatic carbocycles. The van der Waals surface area contributed by atoms with Crippen molar-refractivity contribution >= 4 is 11.6 Å². The third-order valence-corrected chi connectivity index (χ3v) is 3.68. The highest BCUT2D eigenvalue weighted by Gasteiger charge is 2.09. The van der Waals surface area contributed by atoms with Gasteiger partial charge in [-0.25, -0.2) is 0 Å². The first kappa shape index (κ1) is 16.9. The summed E-state index contributed by atoms with van der Waals surface area (Å²) in [5.74, 6) is 1.22. The van der Waals surface area contributed by atoms with Gasteiger partial charge in [0, 0.05) is 11.8 Å². The maximum absolute atomic E-state index is 12.2. The summed E-state index contributed by atoms with van der Waals surface area (Å²) in [6.45, 7) is 6.59. The van der Waals surface area contributed by atoms with E-state index in [-0.39, 0.29) is 5.91 Å². The first-order chi connectivity index (χ1) is 11.0. The molecule has 0 aliphatic rings. The minimum absolute atomic E-state index is 0.0560. The van der Waals surface area contributed by atoms with Crippen LogP contribution in [0.15, 0.2) is 36.4 Å². The van der Waals surface area contributed by atoms with Crippen LogP contribution in [0.2, 0.25) is 0 Å². The number of carbonyl (C=O) groups is 1. The molecule has 122 valence electrons. The molecule has 2 aromatic rings. The Morgan fingerprint density at radius 2 is 1.83 bits per heavy atom. The molecule has 2 rings (SSSR count). The van der Waals surface area contributed by atoms with Crippen LogP contribution in [-0.4, -0.2) is 19.6 Å². The number of carbonyl (C=O) groups excluding carboxylic acids is 1. The number of anilines is 1. The summed E-state index contributed by atoms with van der Waals surface area (Å²) in [5.41, 5.74) is 4.12. The molecule has 0 radical (unpaired) electrons. The third kappa shape index (κ3) is 4.49. The van der Waals surface area contributed by atoms with Gasteiger partial charge in [0.25, 0.3) is 0 Å². The minimum atomic E-state index is -0.0560. The maximum Gasteiger partial charge on any atom is 0.228 e. The summed E-state index contributed by atoms with van der Waals surface area (Å²) in [6, 6.07) is 11.5. The quantitative estimate of drug-likeness (QED) is 0.880. The van der Waals surface area contributed by atoms with E-state index in [0.29, 0.717) is 30.2 Å². The number of benzene rings is 2. The summed E-state index contributed by atoms with van der Waals surface area (Å²) in [6.07, 6.45) is 0.344. The zero-order valence-electron chi connectivity index (χ0n) is 14.1. The number of amides is 1. The lowest BCUT2D eigenvalue weighted by Crippen LogP contribution is -2.14. The fourth-order valence-corrected chi connectivity index (χ4v) is 2.32. The van der Waals surface area contributed by atoms with Crippen LogP contribution in [0.3, 0.4) is 0 Å². The van der Waals surface area contributed by atoms with E-state index in [0.717, 1.165) is 5.56 Å². The molecule has 0 aliphatic heterocycles. The molecule has 0 fully saturated rings. The number of rotatable bonds is 6. The van der Waals surface area contributed by atoms with Crippen LogP contribution in [0.5, 0.6) is 11.5 Å². The van der Waals surface area contributed by atoms with Crippen LogP contribution in [0.1, 0.15) is 23.6 Å². The van der Waals surface area contributed by atoms with Gasteiger partial charge in [-0.3, -0.25) is 4.79 Å². The number of ether oxygens (including phenoxy) is 2. The average Bonchev–Trinajstić information content (AvgIpc) is 2.52. The van der Waals surface area contributed by atoms with Gasteiger partial charge in [0.05, 0.1) is 20.1 Å². The molecular formula is C19H23NO3. The lowest BCUT2D eigenvalue weighted by atomic mass is 10.0. The van der Waals surface area contributed by atoms with E-state index in [1.807, 2.05) is 38.1 Å². The highest BCUT2D eigenvalue weighted by Crippen LogP contribution is 2.30. The second-order valence-electron chi connectivity index (χ2n) is 5.44. The molecule has 4 heteroatoms. The molecule has 0 heterocycles. The van der Waals surface area contributed by atoms with Gasteiger partial charge >= 0.3 is 0 Å². The van der Waals surface area contributed by atoms with Crippen molar-refractivity contribution < 1.29 is 14.3 Å². The largest absolute Gasteiger partial charge is 0.493 e. The van der Waals surface area contributed by atoms with E-state index in [1.54, 1.807) is 19.2 Å². The van der Waals surface area contributed by atoms with Crippen molar-refractivity contribution in [2.24, 2.45) is 0 Å². The van der Waals surface area contributed by atoms with Crippen molar-refractivity contribution in [3.8, 4) is 11.5 Å². The van der Waals surface area contributed by atoms with E-state index >= 15 is 0 Å². The number of nitrogens with one attached hydrogen (secondary N) is 1. The molecule has 0 aliphatic carbocycles. The van der Waals surface area contributed by atoms with Gasteiger partial charge in [0.15, 0.2) is 11.5 Å². The van der Waals surface area contributed by atoms with Crippen LogP contribution in [0.4, 0.5) is 5.69 Å². The molecule has 0 bridgehead atoms. The molecule has 4 nitrogen and oxygen atoms in total. The molecule has 0 saturated heterocycles. The third-order valence-electron chi connectivity index (χ3n) is 3.68. The van der Waals surface area contributed by atoms with Crippen molar-refractivity contribution in [1.29, 1.82) is 0 Å². The van der Waals surface area contributed by atoms with Crippen LogP contribution in [-0.2, 0) is 11.2 Å². The fourth-order valence-electron chi connectivity index (χ4n) is 2.32. The van der Waals surface area contributed by atoms with E-state index in [1.165, 1.54) is 11.1 Å². The van der Waals surface area contributed by atoms with E-state index in [4.69, 9.17) is 9.47 Å². The first-order valence-electron chi connectivity index (χ1n) is 7.70. The molecule has 0 atom stereocenters. The minimum Gasteiger partial charge on any atom is -0.493 e. The van der Waals surface area contributed by atoms with Crippen molar-refractivity contribution in [2.75, 3.05) is 19.0 Å². The van der Waals surface area contributed by atoms with Crippen LogP contribution < -0.4 is 14.8 Å². The van der Waals surface area contributed by atoms with Crippen molar-refractivity contribution in [3.63, 3.8) is 0 Å². The fraction of sp³-hybridized carbons (Fsp3) is 0.316. The Kier molecular flexibility index (Phi) is 5.63. The summed E-state index contributed by atoms with van der Waals surface area (Å²) < 4.78 is 10.8. The molecule has 1 amide bonds. The molecule has 0 spiro atoms. The molecule has 0 saturated carbocycles. The average molecular weight is 313 g/mol. The maximum atomic E-state index is 12.2. The highest BCUT2D eigenvalue weighted by molar-refractivity contribution is 5.92. The smallest absolute Gasteiger partial charge is 0.228 e. The van der Waals surface area contributed by atoms with Gasteiger partial charge in [-0.15, -0.1) is 0 Å². The summed E-state index contributed by atoms with van der Waals surface area (Å²) in [7, 11) is 1.58. The van der Waals surface area contributed by atoms with Gasteiger partial charge in [-0.05, 0) is 49.6 Å². The molecule has 0 unspecified atom stereocenters. The SMILES string of the molecule is CCOc1ccc(NC(=O)Cc2ccc(C)c(C)c2)cc1OC. The molecular weight excluding hydrogens is 290 g/mol. The van der Waals surface area contributed by atoms with Gasteiger partial charge in [-0.1, -0.05) is 18.2 Å². The molecule has 23 heavy (non-hydrogen) atoms. The number of hydrogen-bond donors (Lipinski definition) is 1. The summed E-state index contributed by atoms with van der Waals surface area (Å²) in [4.78, 5) is 12.2.